The number of aromatic nitrogens is 3. The van der Waals surface area contributed by atoms with Gasteiger partial charge in [0.1, 0.15) is 12.7 Å². The second-order valence-electron chi connectivity index (χ2n) is 7.37. The Labute approximate surface area is 166 Å². The van der Waals surface area contributed by atoms with E-state index in [9.17, 15) is 4.79 Å². The second kappa shape index (κ2) is 9.85. The SMILES string of the molecule is CN(CC1CCCN(CCc2ccc(Cl)cc2)C1)C(=O)CCn1cncn1. The monoisotopic (exact) mass is 389 g/mol. The number of hydrogen-bond donors (Lipinski definition) is 0. The van der Waals surface area contributed by atoms with Crippen molar-refractivity contribution in [3.63, 3.8) is 0 Å². The zero-order chi connectivity index (χ0) is 19.1. The molecule has 146 valence electrons. The van der Waals surface area contributed by atoms with E-state index in [2.05, 4.69) is 27.1 Å². The largest absolute Gasteiger partial charge is 0.345 e. The lowest BCUT2D eigenvalue weighted by Gasteiger charge is -2.34. The van der Waals surface area contributed by atoms with Crippen molar-refractivity contribution in [3.05, 3.63) is 47.5 Å². The predicted octanol–water partition coefficient (Wildman–Crippen LogP) is 2.73. The molecular formula is C20H28ClN5O. The third kappa shape index (κ3) is 6.33. The van der Waals surface area contributed by atoms with Gasteiger partial charge in [0.05, 0.1) is 6.54 Å². The Morgan fingerprint density at radius 1 is 1.30 bits per heavy atom. The summed E-state index contributed by atoms with van der Waals surface area (Å²) in [6, 6.07) is 8.11. The molecular weight excluding hydrogens is 362 g/mol. The van der Waals surface area contributed by atoms with E-state index in [0.29, 0.717) is 18.9 Å². The number of nitrogens with zero attached hydrogens (tertiary/aromatic N) is 5. The summed E-state index contributed by atoms with van der Waals surface area (Å²) in [5.41, 5.74) is 1.32. The van der Waals surface area contributed by atoms with E-state index in [1.165, 1.54) is 24.7 Å². The molecule has 1 unspecified atom stereocenters. The fraction of sp³-hybridized carbons (Fsp3) is 0.550. The number of rotatable bonds is 8. The zero-order valence-corrected chi connectivity index (χ0v) is 16.7. The van der Waals surface area contributed by atoms with E-state index in [0.717, 1.165) is 37.6 Å². The Morgan fingerprint density at radius 3 is 2.85 bits per heavy atom. The number of aryl methyl sites for hydroxylation is 1. The van der Waals surface area contributed by atoms with Crippen LogP contribution < -0.4 is 0 Å². The first kappa shape index (κ1) is 19.8. The molecule has 7 heteroatoms. The van der Waals surface area contributed by atoms with E-state index in [1.807, 2.05) is 24.1 Å². The number of hydrogen-bond acceptors (Lipinski definition) is 4. The van der Waals surface area contributed by atoms with E-state index in [4.69, 9.17) is 11.6 Å². The Bertz CT molecular complexity index is 704. The molecule has 6 nitrogen and oxygen atoms in total. The van der Waals surface area contributed by atoms with Crippen LogP contribution in [0.1, 0.15) is 24.8 Å². The summed E-state index contributed by atoms with van der Waals surface area (Å²) in [7, 11) is 1.91. The summed E-state index contributed by atoms with van der Waals surface area (Å²) in [6.45, 7) is 4.68. The van der Waals surface area contributed by atoms with Crippen LogP contribution in [0.3, 0.4) is 0 Å². The van der Waals surface area contributed by atoms with Crippen LogP contribution in [0.4, 0.5) is 0 Å². The van der Waals surface area contributed by atoms with Crippen molar-refractivity contribution in [1.29, 1.82) is 0 Å². The van der Waals surface area contributed by atoms with E-state index >= 15 is 0 Å². The summed E-state index contributed by atoms with van der Waals surface area (Å²) < 4.78 is 1.70. The number of amides is 1. The standard InChI is InChI=1S/C20H28ClN5O/c1-24(20(27)9-12-26-16-22-15-23-26)13-18-3-2-10-25(14-18)11-8-17-4-6-19(21)7-5-17/h4-7,15-16,18H,2-3,8-14H2,1H3. The minimum absolute atomic E-state index is 0.170. The summed E-state index contributed by atoms with van der Waals surface area (Å²) in [5.74, 6) is 0.716. The number of likely N-dealkylation sites (tertiary alicyclic amines) is 1. The molecule has 1 atom stereocenters. The molecule has 0 aliphatic carbocycles. The Morgan fingerprint density at radius 2 is 2.11 bits per heavy atom. The Hall–Kier alpha value is -1.92. The normalized spacial score (nSPS) is 17.8. The highest BCUT2D eigenvalue weighted by Gasteiger charge is 2.22. The average molecular weight is 390 g/mol. The van der Waals surface area contributed by atoms with Gasteiger partial charge >= 0.3 is 0 Å². The van der Waals surface area contributed by atoms with E-state index in [-0.39, 0.29) is 5.91 Å². The molecule has 0 bridgehead atoms. The van der Waals surface area contributed by atoms with Gasteiger partial charge in [-0.3, -0.25) is 9.48 Å². The summed E-state index contributed by atoms with van der Waals surface area (Å²) in [5, 5.41) is 4.83. The molecule has 1 aliphatic heterocycles. The highest BCUT2D eigenvalue weighted by atomic mass is 35.5. The second-order valence-corrected chi connectivity index (χ2v) is 7.80. The highest BCUT2D eigenvalue weighted by molar-refractivity contribution is 6.30. The molecule has 1 aliphatic rings. The van der Waals surface area contributed by atoms with Crippen molar-refractivity contribution < 1.29 is 4.79 Å². The smallest absolute Gasteiger partial charge is 0.224 e. The van der Waals surface area contributed by atoms with Crippen LogP contribution in [0, 0.1) is 5.92 Å². The maximum atomic E-state index is 12.4. The van der Waals surface area contributed by atoms with Gasteiger partial charge in [0, 0.05) is 38.1 Å². The molecule has 1 aromatic heterocycles. The van der Waals surface area contributed by atoms with Crippen molar-refractivity contribution in [3.8, 4) is 0 Å². The van der Waals surface area contributed by atoms with Gasteiger partial charge in [-0.05, 0) is 49.4 Å². The average Bonchev–Trinajstić information content (AvgIpc) is 3.19. The van der Waals surface area contributed by atoms with Gasteiger partial charge in [0.25, 0.3) is 0 Å². The maximum absolute atomic E-state index is 12.4. The van der Waals surface area contributed by atoms with Gasteiger partial charge in [0.2, 0.25) is 5.91 Å². The van der Waals surface area contributed by atoms with Crippen molar-refractivity contribution in [2.75, 3.05) is 33.2 Å². The predicted molar refractivity (Wildman–Crippen MR) is 107 cm³/mol. The van der Waals surface area contributed by atoms with E-state index in [1.54, 1.807) is 11.0 Å². The lowest BCUT2D eigenvalue weighted by Crippen LogP contribution is -2.42. The molecule has 27 heavy (non-hydrogen) atoms. The summed E-state index contributed by atoms with van der Waals surface area (Å²) in [6.07, 6.45) is 7.04. The van der Waals surface area contributed by atoms with Crippen molar-refractivity contribution in [2.45, 2.75) is 32.2 Å². The first-order valence-electron chi connectivity index (χ1n) is 9.63. The van der Waals surface area contributed by atoms with Gasteiger partial charge in [-0.1, -0.05) is 23.7 Å². The lowest BCUT2D eigenvalue weighted by molar-refractivity contribution is -0.131. The van der Waals surface area contributed by atoms with Crippen molar-refractivity contribution >= 4 is 17.5 Å². The number of piperidine rings is 1. The molecule has 0 radical (unpaired) electrons. The summed E-state index contributed by atoms with van der Waals surface area (Å²) in [4.78, 5) is 20.7. The molecule has 3 rings (SSSR count). The molecule has 1 aromatic carbocycles. The fourth-order valence-corrected chi connectivity index (χ4v) is 3.81. The summed E-state index contributed by atoms with van der Waals surface area (Å²) >= 11 is 5.95. The van der Waals surface area contributed by atoms with Gasteiger partial charge in [-0.25, -0.2) is 4.98 Å². The zero-order valence-electron chi connectivity index (χ0n) is 15.9. The third-order valence-corrected chi connectivity index (χ3v) is 5.46. The fourth-order valence-electron chi connectivity index (χ4n) is 3.68. The molecule has 2 aromatic rings. The van der Waals surface area contributed by atoms with Gasteiger partial charge in [-0.2, -0.15) is 5.10 Å². The van der Waals surface area contributed by atoms with Gasteiger partial charge in [-0.15, -0.1) is 0 Å². The minimum atomic E-state index is 0.170. The topological polar surface area (TPSA) is 54.3 Å². The highest BCUT2D eigenvalue weighted by Crippen LogP contribution is 2.18. The molecule has 1 amide bonds. The lowest BCUT2D eigenvalue weighted by atomic mass is 9.97. The number of carbonyl (C=O) groups excluding carboxylic acids is 1. The van der Waals surface area contributed by atoms with Crippen molar-refractivity contribution in [1.82, 2.24) is 24.6 Å². The first-order chi connectivity index (χ1) is 13.1. The molecule has 0 saturated carbocycles. The molecule has 0 N–H and O–H groups in total. The Balaban J connectivity index is 1.40. The van der Waals surface area contributed by atoms with Gasteiger partial charge in [0.15, 0.2) is 0 Å². The molecule has 1 saturated heterocycles. The van der Waals surface area contributed by atoms with Crippen molar-refractivity contribution in [2.24, 2.45) is 5.92 Å². The third-order valence-electron chi connectivity index (χ3n) is 5.21. The molecule has 1 fully saturated rings. The quantitative estimate of drug-likeness (QED) is 0.696. The molecule has 2 heterocycles. The number of carbonyl (C=O) groups is 1. The van der Waals surface area contributed by atoms with Crippen LogP contribution in [-0.2, 0) is 17.8 Å². The Kier molecular flexibility index (Phi) is 7.24. The first-order valence-corrected chi connectivity index (χ1v) is 10.0. The van der Waals surface area contributed by atoms with Crippen LogP contribution in [0.15, 0.2) is 36.9 Å². The van der Waals surface area contributed by atoms with Crippen LogP contribution in [0.5, 0.6) is 0 Å². The molecule has 0 spiro atoms. The van der Waals surface area contributed by atoms with Gasteiger partial charge < -0.3 is 9.80 Å². The maximum Gasteiger partial charge on any atom is 0.224 e. The van der Waals surface area contributed by atoms with Crippen LogP contribution in [0.25, 0.3) is 0 Å². The number of halogens is 1. The van der Waals surface area contributed by atoms with Crippen LogP contribution in [0.2, 0.25) is 5.02 Å². The minimum Gasteiger partial charge on any atom is -0.345 e. The van der Waals surface area contributed by atoms with Crippen LogP contribution >= 0.6 is 11.6 Å². The van der Waals surface area contributed by atoms with Crippen LogP contribution in [-0.4, -0.2) is 63.7 Å². The number of benzene rings is 1. The van der Waals surface area contributed by atoms with E-state index < -0.39 is 0 Å².